The first-order valence-corrected chi connectivity index (χ1v) is 4.27. The Morgan fingerprint density at radius 2 is 1.29 bits per heavy atom. The van der Waals surface area contributed by atoms with Crippen LogP contribution in [0.25, 0.3) is 0 Å². The van der Waals surface area contributed by atoms with Crippen LogP contribution in [0, 0.1) is 0 Å². The first kappa shape index (κ1) is 12.4. The molecule has 4 heteroatoms. The second kappa shape index (κ2) is 8.04. The van der Waals surface area contributed by atoms with Crippen molar-refractivity contribution >= 4 is 11.9 Å². The van der Waals surface area contributed by atoms with E-state index in [4.69, 9.17) is 0 Å². The van der Waals surface area contributed by atoms with E-state index in [1.165, 1.54) is 26.4 Å². The van der Waals surface area contributed by atoms with Crippen molar-refractivity contribution in [1.29, 1.82) is 0 Å². The van der Waals surface area contributed by atoms with Gasteiger partial charge in [-0.2, -0.15) is 0 Å². The van der Waals surface area contributed by atoms with Crippen LogP contribution in [-0.4, -0.2) is 11.9 Å². The van der Waals surface area contributed by atoms with Gasteiger partial charge in [-0.05, 0) is 25.0 Å². The standard InChI is InChI=1S/C10H14O4/c1-9(11)13-7-5-3-4-6-8-14-10(2)12/h5-8H,3-4H2,1-2H3. The number of ether oxygens (including phenoxy) is 2. The molecule has 0 aliphatic carbocycles. The van der Waals surface area contributed by atoms with Crippen LogP contribution in [0.15, 0.2) is 24.7 Å². The van der Waals surface area contributed by atoms with Crippen LogP contribution < -0.4 is 0 Å². The fourth-order valence-corrected chi connectivity index (χ4v) is 0.616. The van der Waals surface area contributed by atoms with Gasteiger partial charge in [0.2, 0.25) is 0 Å². The van der Waals surface area contributed by atoms with Gasteiger partial charge in [0.25, 0.3) is 0 Å². The Kier molecular flexibility index (Phi) is 7.13. The molecule has 0 aromatic carbocycles. The van der Waals surface area contributed by atoms with Crippen LogP contribution in [0.2, 0.25) is 0 Å². The smallest absolute Gasteiger partial charge is 0.307 e. The van der Waals surface area contributed by atoms with Crippen molar-refractivity contribution in [2.24, 2.45) is 0 Å². The van der Waals surface area contributed by atoms with Crippen molar-refractivity contribution in [1.82, 2.24) is 0 Å². The van der Waals surface area contributed by atoms with Crippen LogP contribution in [0.3, 0.4) is 0 Å². The van der Waals surface area contributed by atoms with Gasteiger partial charge in [0.1, 0.15) is 0 Å². The predicted molar refractivity (Wildman–Crippen MR) is 51.0 cm³/mol. The molecule has 0 aliphatic heterocycles. The van der Waals surface area contributed by atoms with E-state index in [-0.39, 0.29) is 11.9 Å². The number of hydrogen-bond donors (Lipinski definition) is 0. The number of rotatable bonds is 5. The van der Waals surface area contributed by atoms with Crippen molar-refractivity contribution in [3.63, 3.8) is 0 Å². The molecule has 78 valence electrons. The van der Waals surface area contributed by atoms with E-state index in [9.17, 15) is 9.59 Å². The van der Waals surface area contributed by atoms with Crippen LogP contribution in [0.1, 0.15) is 26.7 Å². The molecule has 0 saturated heterocycles. The van der Waals surface area contributed by atoms with Gasteiger partial charge in [0.15, 0.2) is 0 Å². The summed E-state index contributed by atoms with van der Waals surface area (Å²) in [6, 6.07) is 0. The van der Waals surface area contributed by atoms with E-state index < -0.39 is 0 Å². The predicted octanol–water partition coefficient (Wildman–Crippen LogP) is 1.92. The Balaban J connectivity index is 3.37. The molecule has 0 spiro atoms. The highest BCUT2D eigenvalue weighted by Crippen LogP contribution is 1.94. The van der Waals surface area contributed by atoms with E-state index in [0.29, 0.717) is 0 Å². The molecule has 0 fully saturated rings. The fourth-order valence-electron chi connectivity index (χ4n) is 0.616. The maximum Gasteiger partial charge on any atom is 0.307 e. The molecule has 0 unspecified atom stereocenters. The third-order valence-electron chi connectivity index (χ3n) is 1.16. The second-order valence-electron chi connectivity index (χ2n) is 2.54. The van der Waals surface area contributed by atoms with E-state index in [1.54, 1.807) is 12.2 Å². The van der Waals surface area contributed by atoms with Gasteiger partial charge >= 0.3 is 11.9 Å². The van der Waals surface area contributed by atoms with Gasteiger partial charge < -0.3 is 9.47 Å². The molecule has 0 aromatic rings. The lowest BCUT2D eigenvalue weighted by atomic mass is 10.3. The number of carbonyl (C=O) groups is 2. The third-order valence-corrected chi connectivity index (χ3v) is 1.16. The number of esters is 2. The Morgan fingerprint density at radius 1 is 0.929 bits per heavy atom. The molecule has 0 radical (unpaired) electrons. The van der Waals surface area contributed by atoms with Crippen LogP contribution >= 0.6 is 0 Å². The Hall–Kier alpha value is -1.58. The minimum absolute atomic E-state index is 0.336. The summed E-state index contributed by atoms with van der Waals surface area (Å²) in [6.07, 6.45) is 7.60. The highest BCUT2D eigenvalue weighted by atomic mass is 16.5. The van der Waals surface area contributed by atoms with Crippen LogP contribution in [0.5, 0.6) is 0 Å². The molecule has 0 heterocycles. The second-order valence-corrected chi connectivity index (χ2v) is 2.54. The summed E-state index contributed by atoms with van der Waals surface area (Å²) >= 11 is 0. The zero-order valence-electron chi connectivity index (χ0n) is 8.36. The number of unbranched alkanes of at least 4 members (excludes halogenated alkanes) is 1. The van der Waals surface area contributed by atoms with Crippen molar-refractivity contribution in [2.75, 3.05) is 0 Å². The van der Waals surface area contributed by atoms with E-state index >= 15 is 0 Å². The number of allylic oxidation sites excluding steroid dienone is 2. The average Bonchev–Trinajstić information content (AvgIpc) is 2.08. The summed E-state index contributed by atoms with van der Waals surface area (Å²) in [5, 5.41) is 0. The van der Waals surface area contributed by atoms with E-state index in [0.717, 1.165) is 12.8 Å². The van der Waals surface area contributed by atoms with Gasteiger partial charge in [0.05, 0.1) is 12.5 Å². The Morgan fingerprint density at radius 3 is 1.57 bits per heavy atom. The lowest BCUT2D eigenvalue weighted by molar-refractivity contribution is -0.136. The summed E-state index contributed by atoms with van der Waals surface area (Å²) in [4.78, 5) is 20.6. The summed E-state index contributed by atoms with van der Waals surface area (Å²) in [5.74, 6) is -0.673. The maximum atomic E-state index is 10.3. The third kappa shape index (κ3) is 10.4. The molecule has 0 bridgehead atoms. The average molecular weight is 198 g/mol. The fraction of sp³-hybridized carbons (Fsp3) is 0.400. The zero-order chi connectivity index (χ0) is 10.8. The van der Waals surface area contributed by atoms with Crippen LogP contribution in [-0.2, 0) is 19.1 Å². The van der Waals surface area contributed by atoms with E-state index in [1.807, 2.05) is 0 Å². The molecule has 0 aliphatic rings. The van der Waals surface area contributed by atoms with Gasteiger partial charge in [0, 0.05) is 13.8 Å². The topological polar surface area (TPSA) is 52.6 Å². The Labute approximate surface area is 83.2 Å². The summed E-state index contributed by atoms with van der Waals surface area (Å²) in [6.45, 7) is 2.68. The largest absolute Gasteiger partial charge is 0.435 e. The van der Waals surface area contributed by atoms with Crippen molar-refractivity contribution in [2.45, 2.75) is 26.7 Å². The van der Waals surface area contributed by atoms with Crippen molar-refractivity contribution in [3.8, 4) is 0 Å². The highest BCUT2D eigenvalue weighted by molar-refractivity contribution is 5.66. The molecule has 4 nitrogen and oxygen atoms in total. The lowest BCUT2D eigenvalue weighted by Crippen LogP contribution is -1.89. The van der Waals surface area contributed by atoms with Crippen molar-refractivity contribution in [3.05, 3.63) is 24.7 Å². The molecular formula is C10H14O4. The lowest BCUT2D eigenvalue weighted by Gasteiger charge is -1.91. The van der Waals surface area contributed by atoms with E-state index in [2.05, 4.69) is 9.47 Å². The molecular weight excluding hydrogens is 184 g/mol. The molecule has 0 N–H and O–H groups in total. The molecule has 0 atom stereocenters. The molecule has 14 heavy (non-hydrogen) atoms. The highest BCUT2D eigenvalue weighted by Gasteiger charge is 1.85. The van der Waals surface area contributed by atoms with Gasteiger partial charge in [-0.3, -0.25) is 9.59 Å². The molecule has 0 aromatic heterocycles. The van der Waals surface area contributed by atoms with Gasteiger partial charge in [-0.1, -0.05) is 0 Å². The minimum Gasteiger partial charge on any atom is -0.435 e. The first-order valence-electron chi connectivity index (χ1n) is 4.27. The number of hydrogen-bond acceptors (Lipinski definition) is 4. The number of carbonyl (C=O) groups excluding carboxylic acids is 2. The summed E-state index contributed by atoms with van der Waals surface area (Å²) in [7, 11) is 0. The SMILES string of the molecule is CC(=O)OC=CCCC=COC(C)=O. The first-order chi connectivity index (χ1) is 6.63. The minimum atomic E-state index is -0.336. The molecule has 0 saturated carbocycles. The Bertz CT molecular complexity index is 215. The quantitative estimate of drug-likeness (QED) is 0.384. The zero-order valence-corrected chi connectivity index (χ0v) is 8.36. The monoisotopic (exact) mass is 198 g/mol. The van der Waals surface area contributed by atoms with Crippen molar-refractivity contribution < 1.29 is 19.1 Å². The normalized spacial score (nSPS) is 10.7. The molecule has 0 amide bonds. The summed E-state index contributed by atoms with van der Waals surface area (Å²) in [5.41, 5.74) is 0. The molecule has 0 rings (SSSR count). The maximum absolute atomic E-state index is 10.3. The van der Waals surface area contributed by atoms with Crippen LogP contribution in [0.4, 0.5) is 0 Å². The summed E-state index contributed by atoms with van der Waals surface area (Å²) < 4.78 is 9.12. The van der Waals surface area contributed by atoms with Gasteiger partial charge in [-0.25, -0.2) is 0 Å². The van der Waals surface area contributed by atoms with Gasteiger partial charge in [-0.15, -0.1) is 0 Å².